The normalized spacial score (nSPS) is 18.4. The standard InChI is InChI=1S/C20H22N2O2.BrH/c1-23-17-8-6-16(7-9-17)22-14-15-4-2-3-5-18(15)20(19(22)21)10-12-24-13-11-20;/h2-9,21H,10-14H2,1H3;1H/p-1. The molecule has 0 unspecified atom stereocenters. The highest BCUT2D eigenvalue weighted by Gasteiger charge is 2.45. The Morgan fingerprint density at radius 2 is 1.72 bits per heavy atom. The van der Waals surface area contributed by atoms with Gasteiger partial charge in [0.2, 0.25) is 0 Å². The molecule has 0 radical (unpaired) electrons. The minimum Gasteiger partial charge on any atom is -1.00 e. The zero-order chi connectivity index (χ0) is 16.6. The van der Waals surface area contributed by atoms with Crippen molar-refractivity contribution in [3.05, 3.63) is 59.7 Å². The van der Waals surface area contributed by atoms with Crippen molar-refractivity contribution in [2.45, 2.75) is 24.8 Å². The molecule has 2 aliphatic heterocycles. The lowest BCUT2D eigenvalue weighted by atomic mass is 9.69. The Kier molecular flexibility index (Phi) is 5.16. The topological polar surface area (TPSA) is 45.6 Å². The molecule has 5 heteroatoms. The van der Waals surface area contributed by atoms with Crippen LogP contribution in [0.25, 0.3) is 0 Å². The van der Waals surface area contributed by atoms with E-state index in [0.29, 0.717) is 19.0 Å². The van der Waals surface area contributed by atoms with E-state index in [1.54, 1.807) is 7.11 Å². The Hall–Kier alpha value is -1.85. The van der Waals surface area contributed by atoms with Gasteiger partial charge < -0.3 is 31.4 Å². The van der Waals surface area contributed by atoms with Crippen LogP contribution in [0, 0.1) is 5.41 Å². The molecule has 0 aromatic heterocycles. The molecular formula is C20H22BrN2O2-. The molecule has 2 heterocycles. The van der Waals surface area contributed by atoms with Gasteiger partial charge >= 0.3 is 0 Å². The van der Waals surface area contributed by atoms with Crippen molar-refractivity contribution in [2.24, 2.45) is 0 Å². The summed E-state index contributed by atoms with van der Waals surface area (Å²) in [5, 5.41) is 8.99. The van der Waals surface area contributed by atoms with Crippen LogP contribution < -0.4 is 26.6 Å². The maximum absolute atomic E-state index is 8.99. The van der Waals surface area contributed by atoms with Crippen LogP contribution in [0.15, 0.2) is 48.5 Å². The highest BCUT2D eigenvalue weighted by Crippen LogP contribution is 2.43. The SMILES string of the molecule is COc1ccc(N2Cc3ccccc3C3(CCOCC3)C2=N)cc1.[Br-]. The van der Waals surface area contributed by atoms with Gasteiger partial charge in [-0.2, -0.15) is 0 Å². The largest absolute Gasteiger partial charge is 1.00 e. The molecule has 0 bridgehead atoms. The van der Waals surface area contributed by atoms with E-state index >= 15 is 0 Å². The molecule has 25 heavy (non-hydrogen) atoms. The summed E-state index contributed by atoms with van der Waals surface area (Å²) in [6.45, 7) is 2.17. The zero-order valence-corrected chi connectivity index (χ0v) is 15.9. The van der Waals surface area contributed by atoms with Gasteiger partial charge in [-0.1, -0.05) is 24.3 Å². The molecule has 0 amide bonds. The van der Waals surface area contributed by atoms with Crippen LogP contribution in [-0.4, -0.2) is 26.2 Å². The summed E-state index contributed by atoms with van der Waals surface area (Å²) < 4.78 is 10.9. The Bertz CT molecular complexity index is 755. The average Bonchev–Trinajstić information content (AvgIpc) is 2.66. The second-order valence-corrected chi connectivity index (χ2v) is 6.48. The average molecular weight is 402 g/mol. The van der Waals surface area contributed by atoms with Gasteiger partial charge in [0.05, 0.1) is 12.5 Å². The lowest BCUT2D eigenvalue weighted by Gasteiger charge is -2.47. The number of ether oxygens (including phenoxy) is 2. The van der Waals surface area contributed by atoms with Gasteiger partial charge in [0.25, 0.3) is 0 Å². The fraction of sp³-hybridized carbons (Fsp3) is 0.350. The van der Waals surface area contributed by atoms with Crippen LogP contribution >= 0.6 is 0 Å². The fourth-order valence-corrected chi connectivity index (χ4v) is 3.97. The van der Waals surface area contributed by atoms with E-state index < -0.39 is 0 Å². The van der Waals surface area contributed by atoms with E-state index in [4.69, 9.17) is 14.9 Å². The van der Waals surface area contributed by atoms with Gasteiger partial charge in [0.1, 0.15) is 11.6 Å². The van der Waals surface area contributed by atoms with Gasteiger partial charge in [-0.25, -0.2) is 0 Å². The molecule has 2 aromatic rings. The molecule has 4 rings (SSSR count). The Morgan fingerprint density at radius 1 is 1.04 bits per heavy atom. The smallest absolute Gasteiger partial charge is 0.119 e. The Balaban J connectivity index is 0.00000182. The van der Waals surface area contributed by atoms with Gasteiger partial charge in [0.15, 0.2) is 0 Å². The van der Waals surface area contributed by atoms with Gasteiger partial charge in [-0.3, -0.25) is 5.41 Å². The van der Waals surface area contributed by atoms with Gasteiger partial charge in [0, 0.05) is 25.4 Å². The summed E-state index contributed by atoms with van der Waals surface area (Å²) in [7, 11) is 1.67. The number of rotatable bonds is 2. The minimum absolute atomic E-state index is 0. The van der Waals surface area contributed by atoms with Crippen LogP contribution in [0.4, 0.5) is 5.69 Å². The predicted octanol–water partition coefficient (Wildman–Crippen LogP) is 0.745. The molecule has 1 saturated heterocycles. The summed E-state index contributed by atoms with van der Waals surface area (Å²) >= 11 is 0. The highest BCUT2D eigenvalue weighted by atomic mass is 79.9. The first-order chi connectivity index (χ1) is 11.7. The fourth-order valence-electron chi connectivity index (χ4n) is 3.97. The lowest BCUT2D eigenvalue weighted by molar-refractivity contribution is -0.00000683. The number of halogens is 1. The molecule has 4 nitrogen and oxygen atoms in total. The minimum atomic E-state index is -0.229. The molecular weight excluding hydrogens is 380 g/mol. The van der Waals surface area contributed by atoms with Crippen LogP contribution in [-0.2, 0) is 16.7 Å². The Labute approximate surface area is 159 Å². The molecule has 0 atom stereocenters. The molecule has 2 aliphatic rings. The number of methoxy groups -OCH3 is 1. The van der Waals surface area contributed by atoms with E-state index in [1.807, 2.05) is 24.3 Å². The first-order valence-electron chi connectivity index (χ1n) is 8.41. The first kappa shape index (κ1) is 18.0. The van der Waals surface area contributed by atoms with Crippen molar-refractivity contribution in [1.29, 1.82) is 5.41 Å². The quantitative estimate of drug-likeness (QED) is 0.807. The van der Waals surface area contributed by atoms with E-state index in [9.17, 15) is 0 Å². The van der Waals surface area contributed by atoms with Crippen molar-refractivity contribution in [1.82, 2.24) is 0 Å². The van der Waals surface area contributed by atoms with Crippen molar-refractivity contribution in [3.63, 3.8) is 0 Å². The van der Waals surface area contributed by atoms with Gasteiger partial charge in [-0.15, -0.1) is 0 Å². The summed E-state index contributed by atoms with van der Waals surface area (Å²) in [5.41, 5.74) is 3.43. The number of benzene rings is 2. The summed E-state index contributed by atoms with van der Waals surface area (Å²) in [6, 6.07) is 16.6. The van der Waals surface area contributed by atoms with Gasteiger partial charge in [-0.05, 0) is 48.2 Å². The maximum Gasteiger partial charge on any atom is 0.119 e. The highest BCUT2D eigenvalue weighted by molar-refractivity contribution is 6.05. The molecule has 2 aromatic carbocycles. The second kappa shape index (κ2) is 7.18. The number of nitrogens with zero attached hydrogens (tertiary/aromatic N) is 1. The monoisotopic (exact) mass is 401 g/mol. The number of amidine groups is 1. The third-order valence-electron chi connectivity index (χ3n) is 5.32. The third kappa shape index (κ3) is 2.96. The van der Waals surface area contributed by atoms with Crippen molar-refractivity contribution >= 4 is 11.5 Å². The molecule has 0 saturated carbocycles. The Morgan fingerprint density at radius 3 is 2.40 bits per heavy atom. The summed E-state index contributed by atoms with van der Waals surface area (Å²) in [6.07, 6.45) is 1.74. The molecule has 1 fully saturated rings. The zero-order valence-electron chi connectivity index (χ0n) is 14.3. The second-order valence-electron chi connectivity index (χ2n) is 6.48. The third-order valence-corrected chi connectivity index (χ3v) is 5.32. The van der Waals surface area contributed by atoms with E-state index in [-0.39, 0.29) is 22.4 Å². The van der Waals surface area contributed by atoms with E-state index in [0.717, 1.165) is 30.8 Å². The summed E-state index contributed by atoms with van der Waals surface area (Å²) in [4.78, 5) is 2.13. The van der Waals surface area contributed by atoms with Crippen LogP contribution in [0.5, 0.6) is 5.75 Å². The van der Waals surface area contributed by atoms with Crippen molar-refractivity contribution in [3.8, 4) is 5.75 Å². The molecule has 132 valence electrons. The number of fused-ring (bicyclic) bond motifs is 2. The van der Waals surface area contributed by atoms with Crippen LogP contribution in [0.1, 0.15) is 24.0 Å². The molecule has 1 spiro atoms. The number of hydrogen-bond acceptors (Lipinski definition) is 3. The molecule has 0 aliphatic carbocycles. The van der Waals surface area contributed by atoms with Crippen molar-refractivity contribution in [2.75, 3.05) is 25.2 Å². The van der Waals surface area contributed by atoms with Crippen LogP contribution in [0.3, 0.4) is 0 Å². The summed E-state index contributed by atoms with van der Waals surface area (Å²) in [5.74, 6) is 1.53. The number of hydrogen-bond donors (Lipinski definition) is 1. The predicted molar refractivity (Wildman–Crippen MR) is 95.1 cm³/mol. The number of nitrogens with one attached hydrogen (secondary N) is 1. The lowest BCUT2D eigenvalue weighted by Crippen LogP contribution is -3.00. The van der Waals surface area contributed by atoms with Crippen LogP contribution in [0.2, 0.25) is 0 Å². The van der Waals surface area contributed by atoms with E-state index in [2.05, 4.69) is 29.2 Å². The first-order valence-corrected chi connectivity index (χ1v) is 8.41. The molecule has 1 N–H and O–H groups in total. The van der Waals surface area contributed by atoms with Crippen molar-refractivity contribution < 1.29 is 26.5 Å². The maximum atomic E-state index is 8.99. The number of anilines is 1. The van der Waals surface area contributed by atoms with E-state index in [1.165, 1.54) is 11.1 Å².